The van der Waals surface area contributed by atoms with Crippen molar-refractivity contribution in [2.45, 2.75) is 39.5 Å². The number of halogens is 2. The first kappa shape index (κ1) is 17.0. The number of hydrogen-bond acceptors (Lipinski definition) is 2. The normalized spacial score (nSPS) is 10.6. The molecule has 0 heterocycles. The number of amides is 1. The van der Waals surface area contributed by atoms with Crippen LogP contribution in [0.5, 0.6) is 0 Å². The predicted molar refractivity (Wildman–Crippen MR) is 84.2 cm³/mol. The highest BCUT2D eigenvalue weighted by Crippen LogP contribution is 2.24. The molecule has 5 heteroatoms. The zero-order valence-corrected chi connectivity index (χ0v) is 13.7. The van der Waals surface area contributed by atoms with Crippen LogP contribution in [0.1, 0.15) is 49.9 Å². The second kappa shape index (κ2) is 8.25. The smallest absolute Gasteiger partial charge is 0.255 e. The number of hydrogen-bond donors (Lipinski definition) is 1. The SMILES string of the molecule is CCCCN(CCCC)C(=O)c1cc(N)c(F)cc1Br. The highest BCUT2D eigenvalue weighted by atomic mass is 79.9. The summed E-state index contributed by atoms with van der Waals surface area (Å²) in [5.74, 6) is -0.604. The topological polar surface area (TPSA) is 46.3 Å². The van der Waals surface area contributed by atoms with Crippen molar-refractivity contribution in [1.29, 1.82) is 0 Å². The van der Waals surface area contributed by atoms with Gasteiger partial charge in [0.1, 0.15) is 5.82 Å². The number of nitrogen functional groups attached to an aromatic ring is 1. The van der Waals surface area contributed by atoms with Gasteiger partial charge in [-0.3, -0.25) is 4.79 Å². The Balaban J connectivity index is 2.95. The number of nitrogens with zero attached hydrogens (tertiary/aromatic N) is 1. The predicted octanol–water partition coefficient (Wildman–Crippen LogP) is 4.21. The summed E-state index contributed by atoms with van der Waals surface area (Å²) in [5.41, 5.74) is 5.99. The number of rotatable bonds is 7. The second-order valence-electron chi connectivity index (χ2n) is 4.85. The molecule has 3 nitrogen and oxygen atoms in total. The fraction of sp³-hybridized carbons (Fsp3) is 0.533. The fourth-order valence-corrected chi connectivity index (χ4v) is 2.40. The Morgan fingerprint density at radius 3 is 2.30 bits per heavy atom. The van der Waals surface area contributed by atoms with Crippen molar-refractivity contribution in [3.8, 4) is 0 Å². The molecule has 0 atom stereocenters. The fourth-order valence-electron chi connectivity index (χ4n) is 1.91. The van der Waals surface area contributed by atoms with Gasteiger partial charge < -0.3 is 10.6 Å². The Morgan fingerprint density at radius 2 is 1.80 bits per heavy atom. The maximum absolute atomic E-state index is 13.3. The minimum absolute atomic E-state index is 0.00230. The average molecular weight is 345 g/mol. The summed E-state index contributed by atoms with van der Waals surface area (Å²) >= 11 is 3.24. The first-order valence-corrected chi connectivity index (χ1v) is 7.84. The van der Waals surface area contributed by atoms with Crippen LogP contribution in [-0.4, -0.2) is 23.9 Å². The van der Waals surface area contributed by atoms with Gasteiger partial charge in [-0.2, -0.15) is 0 Å². The van der Waals surface area contributed by atoms with Crippen LogP contribution in [0.4, 0.5) is 10.1 Å². The van der Waals surface area contributed by atoms with E-state index in [1.165, 1.54) is 12.1 Å². The van der Waals surface area contributed by atoms with Gasteiger partial charge in [0.25, 0.3) is 5.91 Å². The van der Waals surface area contributed by atoms with E-state index >= 15 is 0 Å². The van der Waals surface area contributed by atoms with Crippen molar-refractivity contribution in [3.05, 3.63) is 28.0 Å². The van der Waals surface area contributed by atoms with Gasteiger partial charge in [-0.05, 0) is 40.9 Å². The third kappa shape index (κ3) is 4.47. The highest BCUT2D eigenvalue weighted by molar-refractivity contribution is 9.10. The lowest BCUT2D eigenvalue weighted by Crippen LogP contribution is -2.33. The molecule has 1 amide bonds. The monoisotopic (exact) mass is 344 g/mol. The Morgan fingerprint density at radius 1 is 1.25 bits per heavy atom. The van der Waals surface area contributed by atoms with Crippen molar-refractivity contribution in [1.82, 2.24) is 4.90 Å². The maximum atomic E-state index is 13.3. The minimum atomic E-state index is -0.512. The van der Waals surface area contributed by atoms with Crippen LogP contribution in [0.2, 0.25) is 0 Å². The molecule has 1 rings (SSSR count). The standard InChI is InChI=1S/C15H22BrFN2O/c1-3-5-7-19(8-6-4-2)15(20)11-9-14(18)13(17)10-12(11)16/h9-10H,3-8,18H2,1-2H3. The quantitative estimate of drug-likeness (QED) is 0.753. The van der Waals surface area contributed by atoms with Gasteiger partial charge in [0, 0.05) is 17.6 Å². The molecular weight excluding hydrogens is 323 g/mol. The third-order valence-electron chi connectivity index (χ3n) is 3.17. The van der Waals surface area contributed by atoms with E-state index in [4.69, 9.17) is 5.73 Å². The molecule has 2 N–H and O–H groups in total. The van der Waals surface area contributed by atoms with Crippen molar-refractivity contribution < 1.29 is 9.18 Å². The van der Waals surface area contributed by atoms with E-state index in [0.29, 0.717) is 10.0 Å². The number of carbonyl (C=O) groups is 1. The summed E-state index contributed by atoms with van der Waals surface area (Å²) in [5, 5.41) is 0. The van der Waals surface area contributed by atoms with Crippen molar-refractivity contribution >= 4 is 27.5 Å². The van der Waals surface area contributed by atoms with Crippen LogP contribution in [0.15, 0.2) is 16.6 Å². The average Bonchev–Trinajstić information content (AvgIpc) is 2.42. The van der Waals surface area contributed by atoms with Gasteiger partial charge in [0.05, 0.1) is 11.3 Å². The summed E-state index contributed by atoms with van der Waals surface area (Å²) in [6.07, 6.45) is 3.98. The second-order valence-corrected chi connectivity index (χ2v) is 5.71. The zero-order valence-electron chi connectivity index (χ0n) is 12.1. The number of unbranched alkanes of at least 4 members (excludes halogenated alkanes) is 2. The molecule has 0 bridgehead atoms. The molecule has 0 radical (unpaired) electrons. The molecule has 1 aromatic carbocycles. The Bertz CT molecular complexity index is 457. The highest BCUT2D eigenvalue weighted by Gasteiger charge is 2.19. The molecule has 0 aliphatic carbocycles. The van der Waals surface area contributed by atoms with Crippen LogP contribution in [0.3, 0.4) is 0 Å². The molecule has 0 unspecified atom stereocenters. The van der Waals surface area contributed by atoms with Crippen LogP contribution >= 0.6 is 15.9 Å². The summed E-state index contributed by atoms with van der Waals surface area (Å²) in [6.45, 7) is 5.63. The Labute approximate surface area is 128 Å². The minimum Gasteiger partial charge on any atom is -0.396 e. The van der Waals surface area contributed by atoms with E-state index < -0.39 is 5.82 Å². The lowest BCUT2D eigenvalue weighted by molar-refractivity contribution is 0.0750. The molecular formula is C15H22BrFN2O. The number of anilines is 1. The first-order valence-electron chi connectivity index (χ1n) is 7.05. The summed E-state index contributed by atoms with van der Waals surface area (Å²) < 4.78 is 13.8. The molecule has 20 heavy (non-hydrogen) atoms. The Hall–Kier alpha value is -1.10. The van der Waals surface area contributed by atoms with Gasteiger partial charge in [0.15, 0.2) is 0 Å². The van der Waals surface area contributed by atoms with Crippen LogP contribution < -0.4 is 5.73 Å². The third-order valence-corrected chi connectivity index (χ3v) is 3.82. The largest absolute Gasteiger partial charge is 0.396 e. The van der Waals surface area contributed by atoms with E-state index in [2.05, 4.69) is 29.8 Å². The molecule has 0 aromatic heterocycles. The first-order chi connectivity index (χ1) is 9.51. The van der Waals surface area contributed by atoms with Crippen LogP contribution in [0, 0.1) is 5.82 Å². The van der Waals surface area contributed by atoms with Crippen LogP contribution in [0.25, 0.3) is 0 Å². The van der Waals surface area contributed by atoms with Crippen LogP contribution in [-0.2, 0) is 0 Å². The maximum Gasteiger partial charge on any atom is 0.255 e. The van der Waals surface area contributed by atoms with Gasteiger partial charge in [-0.25, -0.2) is 4.39 Å². The zero-order chi connectivity index (χ0) is 15.1. The van der Waals surface area contributed by atoms with E-state index in [-0.39, 0.29) is 11.6 Å². The summed E-state index contributed by atoms with van der Waals surface area (Å²) in [7, 11) is 0. The summed E-state index contributed by atoms with van der Waals surface area (Å²) in [4.78, 5) is 14.4. The van der Waals surface area contributed by atoms with Crippen molar-refractivity contribution in [2.24, 2.45) is 0 Å². The van der Waals surface area contributed by atoms with Gasteiger partial charge in [-0.1, -0.05) is 26.7 Å². The number of nitrogens with two attached hydrogens (primary N) is 1. The van der Waals surface area contributed by atoms with Crippen molar-refractivity contribution in [3.63, 3.8) is 0 Å². The van der Waals surface area contributed by atoms with E-state index in [9.17, 15) is 9.18 Å². The summed E-state index contributed by atoms with van der Waals surface area (Å²) in [6, 6.07) is 2.66. The Kier molecular flexibility index (Phi) is 6.99. The molecule has 112 valence electrons. The van der Waals surface area contributed by atoms with E-state index in [0.717, 1.165) is 38.8 Å². The van der Waals surface area contributed by atoms with Crippen molar-refractivity contribution in [2.75, 3.05) is 18.8 Å². The molecule has 0 saturated heterocycles. The van der Waals surface area contributed by atoms with E-state index in [1.807, 2.05) is 4.90 Å². The lowest BCUT2D eigenvalue weighted by Gasteiger charge is -2.23. The number of benzene rings is 1. The molecule has 0 spiro atoms. The molecule has 0 aliphatic heterocycles. The van der Waals surface area contributed by atoms with Gasteiger partial charge in [-0.15, -0.1) is 0 Å². The van der Waals surface area contributed by atoms with E-state index in [1.54, 1.807) is 0 Å². The molecule has 0 saturated carbocycles. The molecule has 0 fully saturated rings. The number of carbonyl (C=O) groups excluding carboxylic acids is 1. The van der Waals surface area contributed by atoms with Gasteiger partial charge >= 0.3 is 0 Å². The molecule has 1 aromatic rings. The lowest BCUT2D eigenvalue weighted by atomic mass is 10.1. The molecule has 0 aliphatic rings. The van der Waals surface area contributed by atoms with Gasteiger partial charge in [0.2, 0.25) is 0 Å².